The molecule has 1 aromatic rings. The summed E-state index contributed by atoms with van der Waals surface area (Å²) in [7, 11) is 0. The maximum atomic E-state index is 5.44. The Labute approximate surface area is 91.2 Å². The minimum atomic E-state index is 0.420. The Balaban J connectivity index is 2.57. The van der Waals surface area contributed by atoms with Gasteiger partial charge < -0.3 is 10.3 Å². The van der Waals surface area contributed by atoms with Gasteiger partial charge in [-0.15, -0.1) is 0 Å². The SMILES string of the molecule is CCCCC(CC)c1nc(CCN)no1. The van der Waals surface area contributed by atoms with Crippen LogP contribution in [0.5, 0.6) is 0 Å². The lowest BCUT2D eigenvalue weighted by molar-refractivity contribution is 0.336. The van der Waals surface area contributed by atoms with Gasteiger partial charge in [0.25, 0.3) is 0 Å². The van der Waals surface area contributed by atoms with Gasteiger partial charge in [0.2, 0.25) is 5.89 Å². The van der Waals surface area contributed by atoms with Crippen LogP contribution in [0.4, 0.5) is 0 Å². The predicted molar refractivity (Wildman–Crippen MR) is 59.6 cm³/mol. The van der Waals surface area contributed by atoms with Gasteiger partial charge in [-0.2, -0.15) is 4.98 Å². The Bertz CT molecular complexity index is 273. The van der Waals surface area contributed by atoms with E-state index in [-0.39, 0.29) is 0 Å². The highest BCUT2D eigenvalue weighted by molar-refractivity contribution is 4.93. The minimum absolute atomic E-state index is 0.420. The molecule has 0 saturated heterocycles. The van der Waals surface area contributed by atoms with Gasteiger partial charge in [0.1, 0.15) is 0 Å². The highest BCUT2D eigenvalue weighted by Crippen LogP contribution is 2.23. The summed E-state index contributed by atoms with van der Waals surface area (Å²) in [6.07, 6.45) is 5.32. The van der Waals surface area contributed by atoms with Crippen molar-refractivity contribution in [3.8, 4) is 0 Å². The molecule has 0 bridgehead atoms. The number of nitrogens with two attached hydrogens (primary N) is 1. The maximum Gasteiger partial charge on any atom is 0.229 e. The van der Waals surface area contributed by atoms with Gasteiger partial charge in [0, 0.05) is 12.3 Å². The van der Waals surface area contributed by atoms with E-state index in [2.05, 4.69) is 24.0 Å². The first-order valence-electron chi connectivity index (χ1n) is 5.84. The topological polar surface area (TPSA) is 64.9 Å². The normalized spacial score (nSPS) is 13.0. The van der Waals surface area contributed by atoms with Crippen molar-refractivity contribution in [1.82, 2.24) is 10.1 Å². The molecular weight excluding hydrogens is 190 g/mol. The van der Waals surface area contributed by atoms with Crippen LogP contribution >= 0.6 is 0 Å². The first kappa shape index (κ1) is 12.2. The Morgan fingerprint density at radius 2 is 2.20 bits per heavy atom. The number of hydrogen-bond acceptors (Lipinski definition) is 4. The highest BCUT2D eigenvalue weighted by atomic mass is 16.5. The zero-order valence-corrected chi connectivity index (χ0v) is 9.70. The van der Waals surface area contributed by atoms with Crippen molar-refractivity contribution in [2.24, 2.45) is 5.73 Å². The molecule has 1 unspecified atom stereocenters. The number of rotatable bonds is 7. The summed E-state index contributed by atoms with van der Waals surface area (Å²) in [6, 6.07) is 0. The van der Waals surface area contributed by atoms with Crippen LogP contribution in [0.2, 0.25) is 0 Å². The zero-order chi connectivity index (χ0) is 11.1. The van der Waals surface area contributed by atoms with Gasteiger partial charge >= 0.3 is 0 Å². The van der Waals surface area contributed by atoms with Crippen molar-refractivity contribution >= 4 is 0 Å². The van der Waals surface area contributed by atoms with Crippen molar-refractivity contribution in [2.75, 3.05) is 6.54 Å². The number of unbranched alkanes of at least 4 members (excludes halogenated alkanes) is 1. The monoisotopic (exact) mass is 211 g/mol. The van der Waals surface area contributed by atoms with Crippen LogP contribution in [-0.4, -0.2) is 16.7 Å². The van der Waals surface area contributed by atoms with Crippen molar-refractivity contribution in [2.45, 2.75) is 51.9 Å². The number of nitrogens with zero attached hydrogens (tertiary/aromatic N) is 2. The predicted octanol–water partition coefficient (Wildman–Crippen LogP) is 2.25. The van der Waals surface area contributed by atoms with Crippen molar-refractivity contribution in [3.05, 3.63) is 11.7 Å². The fourth-order valence-corrected chi connectivity index (χ4v) is 1.62. The summed E-state index contributed by atoms with van der Waals surface area (Å²) in [6.45, 7) is 4.93. The molecule has 1 aromatic heterocycles. The van der Waals surface area contributed by atoms with Gasteiger partial charge in [-0.3, -0.25) is 0 Å². The molecule has 0 aromatic carbocycles. The van der Waals surface area contributed by atoms with Gasteiger partial charge in [-0.25, -0.2) is 0 Å². The standard InChI is InChI=1S/C11H21N3O/c1-3-5-6-9(4-2)11-13-10(7-8-12)14-15-11/h9H,3-8,12H2,1-2H3. The van der Waals surface area contributed by atoms with Crippen LogP contribution in [0.15, 0.2) is 4.52 Å². The third-order valence-corrected chi connectivity index (χ3v) is 2.60. The van der Waals surface area contributed by atoms with Crippen molar-refractivity contribution < 1.29 is 4.52 Å². The smallest absolute Gasteiger partial charge is 0.229 e. The second-order valence-corrected chi connectivity index (χ2v) is 3.83. The third-order valence-electron chi connectivity index (χ3n) is 2.60. The van der Waals surface area contributed by atoms with E-state index in [0.717, 1.165) is 24.6 Å². The highest BCUT2D eigenvalue weighted by Gasteiger charge is 2.16. The van der Waals surface area contributed by atoms with Crippen LogP contribution in [-0.2, 0) is 6.42 Å². The molecule has 0 aliphatic heterocycles. The molecule has 0 aliphatic carbocycles. The molecule has 4 nitrogen and oxygen atoms in total. The molecule has 0 aliphatic rings. The largest absolute Gasteiger partial charge is 0.339 e. The fraction of sp³-hybridized carbons (Fsp3) is 0.818. The van der Waals surface area contributed by atoms with Crippen LogP contribution < -0.4 is 5.73 Å². The Morgan fingerprint density at radius 3 is 2.80 bits per heavy atom. The lowest BCUT2D eigenvalue weighted by Crippen LogP contribution is -2.04. The summed E-state index contributed by atoms with van der Waals surface area (Å²) in [5.41, 5.74) is 5.44. The number of aromatic nitrogens is 2. The van der Waals surface area contributed by atoms with Crippen LogP contribution in [0.25, 0.3) is 0 Å². The van der Waals surface area contributed by atoms with E-state index in [1.165, 1.54) is 12.8 Å². The summed E-state index contributed by atoms with van der Waals surface area (Å²) in [5, 5.41) is 3.92. The zero-order valence-electron chi connectivity index (χ0n) is 9.70. The van der Waals surface area contributed by atoms with E-state index < -0.39 is 0 Å². The van der Waals surface area contributed by atoms with E-state index in [0.29, 0.717) is 18.9 Å². The first-order chi connectivity index (χ1) is 7.31. The van der Waals surface area contributed by atoms with E-state index in [9.17, 15) is 0 Å². The molecule has 1 heterocycles. The molecule has 0 amide bonds. The van der Waals surface area contributed by atoms with E-state index in [1.807, 2.05) is 0 Å². The average Bonchev–Trinajstić information content (AvgIpc) is 2.68. The molecule has 0 saturated carbocycles. The molecule has 4 heteroatoms. The first-order valence-corrected chi connectivity index (χ1v) is 5.84. The summed E-state index contributed by atoms with van der Waals surface area (Å²) in [5.74, 6) is 1.95. The van der Waals surface area contributed by atoms with E-state index >= 15 is 0 Å². The molecule has 0 spiro atoms. The molecule has 0 fully saturated rings. The van der Waals surface area contributed by atoms with Crippen molar-refractivity contribution in [1.29, 1.82) is 0 Å². The van der Waals surface area contributed by atoms with Crippen LogP contribution in [0, 0.1) is 0 Å². The van der Waals surface area contributed by atoms with Crippen LogP contribution in [0.1, 0.15) is 57.2 Å². The third kappa shape index (κ3) is 3.63. The van der Waals surface area contributed by atoms with Gasteiger partial charge in [-0.05, 0) is 19.4 Å². The van der Waals surface area contributed by atoms with Gasteiger partial charge in [0.15, 0.2) is 5.82 Å². The lowest BCUT2D eigenvalue weighted by atomic mass is 9.99. The average molecular weight is 211 g/mol. The molecule has 1 atom stereocenters. The summed E-state index contributed by atoms with van der Waals surface area (Å²) >= 11 is 0. The molecular formula is C11H21N3O. The van der Waals surface area contributed by atoms with Gasteiger partial charge in [0.05, 0.1) is 0 Å². The molecule has 0 radical (unpaired) electrons. The van der Waals surface area contributed by atoms with Gasteiger partial charge in [-0.1, -0.05) is 31.8 Å². The van der Waals surface area contributed by atoms with Crippen LogP contribution in [0.3, 0.4) is 0 Å². The quantitative estimate of drug-likeness (QED) is 0.751. The second-order valence-electron chi connectivity index (χ2n) is 3.83. The number of hydrogen-bond donors (Lipinski definition) is 1. The maximum absolute atomic E-state index is 5.44. The molecule has 1 rings (SSSR count). The second kappa shape index (κ2) is 6.56. The Morgan fingerprint density at radius 1 is 1.40 bits per heavy atom. The van der Waals surface area contributed by atoms with E-state index in [1.54, 1.807) is 0 Å². The van der Waals surface area contributed by atoms with Crippen molar-refractivity contribution in [3.63, 3.8) is 0 Å². The summed E-state index contributed by atoms with van der Waals surface area (Å²) in [4.78, 5) is 4.37. The van der Waals surface area contributed by atoms with E-state index in [4.69, 9.17) is 10.3 Å². The minimum Gasteiger partial charge on any atom is -0.339 e. The molecule has 2 N–H and O–H groups in total. The Hall–Kier alpha value is -0.900. The lowest BCUT2D eigenvalue weighted by Gasteiger charge is -2.07. The Kier molecular flexibility index (Phi) is 5.32. The fourth-order valence-electron chi connectivity index (χ4n) is 1.62. The molecule has 86 valence electrons. The molecule has 15 heavy (non-hydrogen) atoms. The summed E-state index contributed by atoms with van der Waals surface area (Å²) < 4.78 is 5.25.